The lowest BCUT2D eigenvalue weighted by Crippen LogP contribution is -2.52. The fourth-order valence-electron chi connectivity index (χ4n) is 4.43. The molecular weight excluding hydrogens is 460 g/mol. The highest BCUT2D eigenvalue weighted by atomic mass is 35.5. The maximum Gasteiger partial charge on any atom is 0.123 e. The molecule has 4 nitrogen and oxygen atoms in total. The van der Waals surface area contributed by atoms with Crippen LogP contribution in [-0.4, -0.2) is 36.2 Å². The van der Waals surface area contributed by atoms with Gasteiger partial charge >= 0.3 is 0 Å². The van der Waals surface area contributed by atoms with Gasteiger partial charge in [0.1, 0.15) is 11.9 Å². The zero-order chi connectivity index (χ0) is 23.6. The molecule has 33 heavy (non-hydrogen) atoms. The number of rotatable bonds is 5. The van der Waals surface area contributed by atoms with Crippen LogP contribution in [0.4, 0.5) is 10.1 Å². The topological polar surface area (TPSA) is 50.5 Å². The van der Waals surface area contributed by atoms with Gasteiger partial charge in [0, 0.05) is 36.2 Å². The number of nitriles is 1. The number of nitrogens with zero attached hydrogens (tertiary/aromatic N) is 3. The van der Waals surface area contributed by atoms with E-state index in [2.05, 4.69) is 15.9 Å². The molecule has 1 N–H and O–H groups in total. The zero-order valence-corrected chi connectivity index (χ0v) is 19.7. The quantitative estimate of drug-likeness (QED) is 0.499. The monoisotopic (exact) mass is 483 g/mol. The summed E-state index contributed by atoms with van der Waals surface area (Å²) in [6, 6.07) is 21.2. The Kier molecular flexibility index (Phi) is 6.92. The van der Waals surface area contributed by atoms with E-state index < -0.39 is 5.60 Å². The van der Waals surface area contributed by atoms with Crippen LogP contribution in [0, 0.1) is 17.1 Å². The molecule has 3 aromatic carbocycles. The fourth-order valence-corrected chi connectivity index (χ4v) is 4.72. The highest BCUT2D eigenvalue weighted by molar-refractivity contribution is 6.31. The van der Waals surface area contributed by atoms with Crippen molar-refractivity contribution in [3.63, 3.8) is 0 Å². The normalized spacial score (nSPS) is 18.5. The molecule has 0 amide bonds. The van der Waals surface area contributed by atoms with Crippen molar-refractivity contribution in [2.24, 2.45) is 0 Å². The molecule has 0 radical (unpaired) electrons. The van der Waals surface area contributed by atoms with Crippen molar-refractivity contribution in [3.8, 4) is 6.07 Å². The SMILES string of the molecule is C[C@@](O)(CN1CCN(c2ccc(Cl)cc2C#N)[C@H](c2ccc(Cl)cc2)C1)c1ccc(F)cc1. The van der Waals surface area contributed by atoms with Crippen LogP contribution >= 0.6 is 23.2 Å². The van der Waals surface area contributed by atoms with E-state index in [9.17, 15) is 14.8 Å². The maximum absolute atomic E-state index is 13.4. The molecule has 1 heterocycles. The molecule has 0 spiro atoms. The van der Waals surface area contributed by atoms with Crippen molar-refractivity contribution in [1.82, 2.24) is 4.90 Å². The van der Waals surface area contributed by atoms with Gasteiger partial charge in [0.2, 0.25) is 0 Å². The summed E-state index contributed by atoms with van der Waals surface area (Å²) in [6.45, 7) is 4.11. The lowest BCUT2D eigenvalue weighted by atomic mass is 9.93. The summed E-state index contributed by atoms with van der Waals surface area (Å²) in [5, 5.41) is 22.0. The van der Waals surface area contributed by atoms with Gasteiger partial charge in [0.25, 0.3) is 0 Å². The number of halogens is 3. The number of benzene rings is 3. The molecule has 1 saturated heterocycles. The first-order chi connectivity index (χ1) is 15.8. The number of anilines is 1. The molecular formula is C26H24Cl2FN3O. The van der Waals surface area contributed by atoms with Gasteiger partial charge in [-0.3, -0.25) is 4.90 Å². The summed E-state index contributed by atoms with van der Waals surface area (Å²) >= 11 is 12.2. The third kappa shape index (κ3) is 5.31. The van der Waals surface area contributed by atoms with E-state index in [1.807, 2.05) is 30.3 Å². The lowest BCUT2D eigenvalue weighted by Gasteiger charge is -2.45. The fraction of sp³-hybridized carbons (Fsp3) is 0.269. The van der Waals surface area contributed by atoms with Gasteiger partial charge in [-0.2, -0.15) is 5.26 Å². The number of piperazine rings is 1. The van der Waals surface area contributed by atoms with Gasteiger partial charge < -0.3 is 10.0 Å². The predicted molar refractivity (Wildman–Crippen MR) is 130 cm³/mol. The highest BCUT2D eigenvalue weighted by Crippen LogP contribution is 2.35. The second-order valence-electron chi connectivity index (χ2n) is 8.55. The average molecular weight is 484 g/mol. The Labute approximate surface area is 203 Å². The van der Waals surface area contributed by atoms with E-state index in [-0.39, 0.29) is 11.9 Å². The van der Waals surface area contributed by atoms with Gasteiger partial charge in [-0.25, -0.2) is 4.39 Å². The summed E-state index contributed by atoms with van der Waals surface area (Å²) in [5.74, 6) is -0.331. The predicted octanol–water partition coefficient (Wildman–Crippen LogP) is 5.78. The summed E-state index contributed by atoms with van der Waals surface area (Å²) in [7, 11) is 0. The van der Waals surface area contributed by atoms with E-state index in [0.717, 1.165) is 11.3 Å². The average Bonchev–Trinajstić information content (AvgIpc) is 2.80. The molecule has 1 fully saturated rings. The first-order valence-electron chi connectivity index (χ1n) is 10.7. The van der Waals surface area contributed by atoms with Crippen molar-refractivity contribution < 1.29 is 9.50 Å². The number of aliphatic hydroxyl groups is 1. The number of β-amino-alcohol motifs (C(OH)–C–C–N with tert-alkyl or cyclic N) is 1. The molecule has 0 unspecified atom stereocenters. The molecule has 0 aromatic heterocycles. The molecule has 0 bridgehead atoms. The molecule has 4 rings (SSSR count). The van der Waals surface area contributed by atoms with Gasteiger partial charge in [0.05, 0.1) is 22.9 Å². The minimum absolute atomic E-state index is 0.0618. The van der Waals surface area contributed by atoms with Gasteiger partial charge in [-0.05, 0) is 60.5 Å². The number of hydrogen-bond donors (Lipinski definition) is 1. The van der Waals surface area contributed by atoms with E-state index >= 15 is 0 Å². The van der Waals surface area contributed by atoms with Crippen molar-refractivity contribution in [2.75, 3.05) is 31.1 Å². The van der Waals surface area contributed by atoms with Crippen LogP contribution in [0.15, 0.2) is 66.7 Å². The van der Waals surface area contributed by atoms with E-state index in [1.165, 1.54) is 12.1 Å². The minimum Gasteiger partial charge on any atom is -0.384 e. The standard InChI is InChI=1S/C26H24Cl2FN3O/c1-26(33,20-4-9-23(29)10-5-20)17-31-12-13-32(24-11-8-22(28)14-19(24)15-30)25(16-31)18-2-6-21(27)7-3-18/h2-11,14,25,33H,12-13,16-17H2,1H3/t25-,26+/m0/s1. The van der Waals surface area contributed by atoms with Crippen LogP contribution in [0.5, 0.6) is 0 Å². The largest absolute Gasteiger partial charge is 0.384 e. The van der Waals surface area contributed by atoms with Crippen LogP contribution in [-0.2, 0) is 5.60 Å². The molecule has 3 aromatic rings. The Balaban J connectivity index is 1.63. The molecule has 2 atom stereocenters. The molecule has 1 aliphatic rings. The lowest BCUT2D eigenvalue weighted by molar-refractivity contribution is 0.0102. The third-order valence-corrected chi connectivity index (χ3v) is 6.59. The third-order valence-electron chi connectivity index (χ3n) is 6.11. The molecule has 0 aliphatic carbocycles. The van der Waals surface area contributed by atoms with E-state index in [4.69, 9.17) is 23.2 Å². The van der Waals surface area contributed by atoms with Crippen LogP contribution in [0.25, 0.3) is 0 Å². The molecule has 1 aliphatic heterocycles. The van der Waals surface area contributed by atoms with E-state index in [1.54, 1.807) is 31.2 Å². The van der Waals surface area contributed by atoms with Gasteiger partial charge in [0.15, 0.2) is 0 Å². The minimum atomic E-state index is -1.14. The van der Waals surface area contributed by atoms with Crippen LogP contribution in [0.2, 0.25) is 10.0 Å². The van der Waals surface area contributed by atoms with E-state index in [0.29, 0.717) is 47.4 Å². The molecule has 7 heteroatoms. The van der Waals surface area contributed by atoms with Crippen molar-refractivity contribution in [1.29, 1.82) is 5.26 Å². The Bertz CT molecular complexity index is 1160. The second kappa shape index (κ2) is 9.70. The maximum atomic E-state index is 13.4. The van der Waals surface area contributed by atoms with Crippen molar-refractivity contribution in [3.05, 3.63) is 99.3 Å². The first-order valence-corrected chi connectivity index (χ1v) is 11.4. The van der Waals surface area contributed by atoms with Gasteiger partial charge in [-0.15, -0.1) is 0 Å². The smallest absolute Gasteiger partial charge is 0.123 e. The summed E-state index contributed by atoms with van der Waals surface area (Å²) < 4.78 is 13.4. The Morgan fingerprint density at radius 1 is 1.03 bits per heavy atom. The summed E-state index contributed by atoms with van der Waals surface area (Å²) in [5.41, 5.74) is 1.93. The number of hydrogen-bond acceptors (Lipinski definition) is 4. The molecule has 0 saturated carbocycles. The summed E-state index contributed by atoms with van der Waals surface area (Å²) in [6.07, 6.45) is 0. The molecule has 170 valence electrons. The Hall–Kier alpha value is -2.62. The van der Waals surface area contributed by atoms with Crippen LogP contribution in [0.3, 0.4) is 0 Å². The van der Waals surface area contributed by atoms with Gasteiger partial charge in [-0.1, -0.05) is 47.5 Å². The van der Waals surface area contributed by atoms with Crippen LogP contribution < -0.4 is 4.90 Å². The Morgan fingerprint density at radius 2 is 1.70 bits per heavy atom. The Morgan fingerprint density at radius 3 is 2.36 bits per heavy atom. The van der Waals surface area contributed by atoms with Crippen molar-refractivity contribution in [2.45, 2.75) is 18.6 Å². The van der Waals surface area contributed by atoms with Crippen LogP contribution in [0.1, 0.15) is 29.7 Å². The first kappa shape index (κ1) is 23.5. The highest BCUT2D eigenvalue weighted by Gasteiger charge is 2.34. The zero-order valence-electron chi connectivity index (χ0n) is 18.2. The second-order valence-corrected chi connectivity index (χ2v) is 9.42. The summed E-state index contributed by atoms with van der Waals surface area (Å²) in [4.78, 5) is 4.41. The van der Waals surface area contributed by atoms with Crippen molar-refractivity contribution >= 4 is 28.9 Å².